The zero-order valence-corrected chi connectivity index (χ0v) is 24.7. The Morgan fingerprint density at radius 2 is 1.62 bits per heavy atom. The first-order valence-corrected chi connectivity index (χ1v) is 14.0. The SMILES string of the molecule is COCCN(C(=O)Nc1c(C(C)C)cccc1C(C)C)C(C)c1nc2ccccc2c(=O)n1-c1cccc(Cl)c1. The van der Waals surface area contributed by atoms with Crippen LogP contribution in [0, 0.1) is 0 Å². The number of methoxy groups -OCH3 is 1. The van der Waals surface area contributed by atoms with Gasteiger partial charge in [-0.05, 0) is 60.2 Å². The van der Waals surface area contributed by atoms with Gasteiger partial charge in [-0.2, -0.15) is 0 Å². The minimum Gasteiger partial charge on any atom is -0.383 e. The Bertz CT molecular complexity index is 1540. The first kappa shape index (κ1) is 29.3. The molecule has 0 aliphatic carbocycles. The number of rotatable bonds is 9. The normalized spacial score (nSPS) is 12.2. The topological polar surface area (TPSA) is 76.5 Å². The predicted octanol–water partition coefficient (Wildman–Crippen LogP) is 7.53. The van der Waals surface area contributed by atoms with Crippen molar-refractivity contribution in [2.75, 3.05) is 25.6 Å². The van der Waals surface area contributed by atoms with Gasteiger partial charge in [0.2, 0.25) is 0 Å². The lowest BCUT2D eigenvalue weighted by molar-refractivity contribution is 0.137. The van der Waals surface area contributed by atoms with Crippen molar-refractivity contribution in [1.29, 1.82) is 0 Å². The maximum atomic E-state index is 14.1. The van der Waals surface area contributed by atoms with E-state index in [4.69, 9.17) is 21.3 Å². The molecule has 8 heteroatoms. The van der Waals surface area contributed by atoms with Gasteiger partial charge in [-0.1, -0.05) is 75.7 Å². The average molecular weight is 561 g/mol. The summed E-state index contributed by atoms with van der Waals surface area (Å²) in [6.07, 6.45) is 0. The molecule has 1 unspecified atom stereocenters. The van der Waals surface area contributed by atoms with Crippen molar-refractivity contribution < 1.29 is 9.53 Å². The molecule has 0 saturated heterocycles. The number of para-hydroxylation sites is 2. The number of amides is 2. The summed E-state index contributed by atoms with van der Waals surface area (Å²) in [5, 5.41) is 4.20. The van der Waals surface area contributed by atoms with Crippen LogP contribution in [-0.4, -0.2) is 40.7 Å². The fraction of sp³-hybridized carbons (Fsp3) is 0.344. The molecule has 7 nitrogen and oxygen atoms in total. The van der Waals surface area contributed by atoms with E-state index in [0.717, 1.165) is 16.8 Å². The maximum absolute atomic E-state index is 14.1. The number of nitrogens with one attached hydrogen (secondary N) is 1. The minimum absolute atomic E-state index is 0.217. The molecule has 0 bridgehead atoms. The highest BCUT2D eigenvalue weighted by Gasteiger charge is 2.28. The number of nitrogens with zero attached hydrogens (tertiary/aromatic N) is 3. The monoisotopic (exact) mass is 560 g/mol. The molecule has 0 spiro atoms. The molecule has 3 aromatic carbocycles. The fourth-order valence-electron chi connectivity index (χ4n) is 4.97. The number of halogens is 1. The van der Waals surface area contributed by atoms with Gasteiger partial charge in [0, 0.05) is 24.4 Å². The summed E-state index contributed by atoms with van der Waals surface area (Å²) in [7, 11) is 1.60. The number of hydrogen-bond acceptors (Lipinski definition) is 4. The van der Waals surface area contributed by atoms with E-state index in [1.165, 1.54) is 0 Å². The molecule has 210 valence electrons. The molecule has 40 heavy (non-hydrogen) atoms. The molecule has 1 atom stereocenters. The van der Waals surface area contributed by atoms with Gasteiger partial charge in [-0.15, -0.1) is 0 Å². The number of benzene rings is 3. The Labute approximate surface area is 240 Å². The lowest BCUT2D eigenvalue weighted by atomic mass is 9.93. The van der Waals surface area contributed by atoms with Crippen molar-refractivity contribution in [2.24, 2.45) is 0 Å². The van der Waals surface area contributed by atoms with Crippen molar-refractivity contribution in [3.05, 3.63) is 99.1 Å². The van der Waals surface area contributed by atoms with Crippen LogP contribution in [0.4, 0.5) is 10.5 Å². The van der Waals surface area contributed by atoms with Gasteiger partial charge in [0.25, 0.3) is 5.56 Å². The van der Waals surface area contributed by atoms with E-state index in [-0.39, 0.29) is 23.4 Å². The molecule has 1 N–H and O–H groups in total. The fourth-order valence-corrected chi connectivity index (χ4v) is 5.15. The van der Waals surface area contributed by atoms with Gasteiger partial charge >= 0.3 is 6.03 Å². The van der Waals surface area contributed by atoms with Gasteiger partial charge in [0.15, 0.2) is 0 Å². The van der Waals surface area contributed by atoms with Crippen LogP contribution < -0.4 is 10.9 Å². The number of carbonyl (C=O) groups is 1. The summed E-state index contributed by atoms with van der Waals surface area (Å²) in [6, 6.07) is 19.6. The summed E-state index contributed by atoms with van der Waals surface area (Å²) in [4.78, 5) is 34.5. The van der Waals surface area contributed by atoms with Crippen molar-refractivity contribution in [3.8, 4) is 5.69 Å². The Morgan fingerprint density at radius 3 is 2.25 bits per heavy atom. The zero-order chi connectivity index (χ0) is 29.0. The third-order valence-corrected chi connectivity index (χ3v) is 7.35. The Kier molecular flexibility index (Phi) is 9.28. The number of fused-ring (bicyclic) bond motifs is 1. The zero-order valence-electron chi connectivity index (χ0n) is 23.9. The molecule has 0 aliphatic heterocycles. The average Bonchev–Trinajstić information content (AvgIpc) is 2.92. The highest BCUT2D eigenvalue weighted by molar-refractivity contribution is 6.30. The largest absolute Gasteiger partial charge is 0.383 e. The quantitative estimate of drug-likeness (QED) is 0.229. The highest BCUT2D eigenvalue weighted by atomic mass is 35.5. The second-order valence-corrected chi connectivity index (χ2v) is 11.0. The Hall–Kier alpha value is -3.68. The molecule has 1 aromatic heterocycles. The van der Waals surface area contributed by atoms with E-state index in [0.29, 0.717) is 40.6 Å². The van der Waals surface area contributed by atoms with Gasteiger partial charge in [-0.25, -0.2) is 9.78 Å². The number of aromatic nitrogens is 2. The first-order valence-electron chi connectivity index (χ1n) is 13.6. The van der Waals surface area contributed by atoms with Gasteiger partial charge in [0.05, 0.1) is 29.2 Å². The van der Waals surface area contributed by atoms with Crippen LogP contribution >= 0.6 is 11.6 Å². The second kappa shape index (κ2) is 12.7. The van der Waals surface area contributed by atoms with Crippen LogP contribution in [0.1, 0.15) is 69.4 Å². The third kappa shape index (κ3) is 6.06. The summed E-state index contributed by atoms with van der Waals surface area (Å²) in [5.74, 6) is 0.862. The van der Waals surface area contributed by atoms with E-state index in [2.05, 4.69) is 45.1 Å². The van der Waals surface area contributed by atoms with Crippen molar-refractivity contribution in [2.45, 2.75) is 52.5 Å². The molecule has 1 heterocycles. The smallest absolute Gasteiger partial charge is 0.322 e. The summed E-state index contributed by atoms with van der Waals surface area (Å²) < 4.78 is 6.93. The molecule has 4 aromatic rings. The summed E-state index contributed by atoms with van der Waals surface area (Å²) in [6.45, 7) is 10.9. The standard InChI is InChI=1S/C32H37ClN4O3/c1-20(2)25-14-10-15-26(21(3)4)29(25)35-32(39)36(17-18-40-6)22(5)30-34-28-16-8-7-13-27(28)31(38)37(30)24-12-9-11-23(33)19-24/h7-16,19-22H,17-18H2,1-6H3,(H,35,39). The van der Waals surface area contributed by atoms with Crippen LogP contribution in [0.5, 0.6) is 0 Å². The maximum Gasteiger partial charge on any atom is 0.322 e. The van der Waals surface area contributed by atoms with E-state index in [1.807, 2.05) is 37.3 Å². The van der Waals surface area contributed by atoms with Crippen molar-refractivity contribution >= 4 is 34.2 Å². The van der Waals surface area contributed by atoms with E-state index >= 15 is 0 Å². The molecule has 4 rings (SSSR count). The van der Waals surface area contributed by atoms with Crippen LogP contribution in [0.15, 0.2) is 71.5 Å². The van der Waals surface area contributed by atoms with Crippen molar-refractivity contribution in [3.63, 3.8) is 0 Å². The van der Waals surface area contributed by atoms with Crippen LogP contribution in [0.2, 0.25) is 5.02 Å². The number of hydrogen-bond donors (Lipinski definition) is 1. The predicted molar refractivity (Wildman–Crippen MR) is 163 cm³/mol. The van der Waals surface area contributed by atoms with Crippen LogP contribution in [0.3, 0.4) is 0 Å². The Balaban J connectivity index is 1.85. The van der Waals surface area contributed by atoms with E-state index in [9.17, 15) is 9.59 Å². The number of carbonyl (C=O) groups excluding carboxylic acids is 1. The van der Waals surface area contributed by atoms with Gasteiger partial charge in [0.1, 0.15) is 5.82 Å². The first-order chi connectivity index (χ1) is 19.1. The van der Waals surface area contributed by atoms with Crippen LogP contribution in [0.25, 0.3) is 16.6 Å². The Morgan fingerprint density at radius 1 is 0.975 bits per heavy atom. The lowest BCUT2D eigenvalue weighted by Crippen LogP contribution is -2.42. The van der Waals surface area contributed by atoms with Gasteiger partial charge < -0.3 is 15.0 Å². The van der Waals surface area contributed by atoms with Gasteiger partial charge in [-0.3, -0.25) is 9.36 Å². The number of anilines is 1. The lowest BCUT2D eigenvalue weighted by Gasteiger charge is -2.31. The number of ether oxygens (including phenoxy) is 1. The molecule has 2 amide bonds. The third-order valence-electron chi connectivity index (χ3n) is 7.11. The molecule has 0 aliphatic rings. The van der Waals surface area contributed by atoms with E-state index in [1.54, 1.807) is 40.8 Å². The molecule has 0 saturated carbocycles. The highest BCUT2D eigenvalue weighted by Crippen LogP contribution is 2.33. The molecule has 0 fully saturated rings. The molecular formula is C32H37ClN4O3. The summed E-state index contributed by atoms with van der Waals surface area (Å²) in [5.41, 5.74) is 3.88. The number of urea groups is 1. The molecule has 0 radical (unpaired) electrons. The van der Waals surface area contributed by atoms with Crippen molar-refractivity contribution in [1.82, 2.24) is 14.5 Å². The van der Waals surface area contributed by atoms with Crippen LogP contribution in [-0.2, 0) is 4.74 Å². The van der Waals surface area contributed by atoms with E-state index < -0.39 is 6.04 Å². The summed E-state index contributed by atoms with van der Waals surface area (Å²) >= 11 is 6.32. The molecular weight excluding hydrogens is 524 g/mol. The minimum atomic E-state index is -0.583. The second-order valence-electron chi connectivity index (χ2n) is 10.5.